The molecule has 0 N–H and O–H groups in total. The molecule has 0 atom stereocenters. The Morgan fingerprint density at radius 3 is 2.37 bits per heavy atom. The Balaban J connectivity index is 2.21. The van der Waals surface area contributed by atoms with E-state index >= 15 is 0 Å². The number of terminal acetylenes is 2. The highest BCUT2D eigenvalue weighted by atomic mass is 16.6. The lowest BCUT2D eigenvalue weighted by Crippen LogP contribution is -2.03. The van der Waals surface area contributed by atoms with Crippen LogP contribution in [0.4, 0.5) is 5.69 Å². The van der Waals surface area contributed by atoms with Crippen molar-refractivity contribution in [1.82, 2.24) is 0 Å². The monoisotopic (exact) mass is 361 g/mol. The minimum absolute atomic E-state index is 0.00899. The zero-order valence-corrected chi connectivity index (χ0v) is 14.3. The van der Waals surface area contributed by atoms with Crippen molar-refractivity contribution in [3.05, 3.63) is 69.8 Å². The van der Waals surface area contributed by atoms with Crippen LogP contribution in [0.1, 0.15) is 15.9 Å². The van der Waals surface area contributed by atoms with Gasteiger partial charge in [0, 0.05) is 18.2 Å². The first-order valence-electron chi connectivity index (χ1n) is 7.78. The van der Waals surface area contributed by atoms with Crippen LogP contribution in [0.2, 0.25) is 0 Å². The maximum atomic E-state index is 12.5. The zero-order chi connectivity index (χ0) is 19.6. The summed E-state index contributed by atoms with van der Waals surface area (Å²) in [5.74, 6) is 5.10. The van der Waals surface area contributed by atoms with Crippen LogP contribution in [0, 0.1) is 34.8 Å². The molecule has 0 aliphatic rings. The summed E-state index contributed by atoms with van der Waals surface area (Å²) in [6.07, 6.45) is 13.3. The van der Waals surface area contributed by atoms with E-state index < -0.39 is 4.92 Å². The first-order valence-corrected chi connectivity index (χ1v) is 7.78. The number of hydrogen-bond acceptors (Lipinski definition) is 5. The van der Waals surface area contributed by atoms with Gasteiger partial charge in [0.2, 0.25) is 0 Å². The minimum atomic E-state index is -0.489. The topological polar surface area (TPSA) is 78.7 Å². The second-order valence-corrected chi connectivity index (χ2v) is 5.19. The Hall–Kier alpha value is -4.03. The van der Waals surface area contributed by atoms with Crippen molar-refractivity contribution >= 4 is 17.5 Å². The fraction of sp³-hybridized carbons (Fsp3) is 0.0952. The normalized spacial score (nSPS) is 10.0. The molecule has 0 aromatic heterocycles. The fourth-order valence-corrected chi connectivity index (χ4v) is 2.13. The summed E-state index contributed by atoms with van der Waals surface area (Å²) in [5.41, 5.74) is 0.927. The Kier molecular flexibility index (Phi) is 6.76. The summed E-state index contributed by atoms with van der Waals surface area (Å²) in [6.45, 7) is 0.0762. The first-order chi connectivity index (χ1) is 13.0. The van der Waals surface area contributed by atoms with Gasteiger partial charge in [0.05, 0.1) is 10.5 Å². The summed E-state index contributed by atoms with van der Waals surface area (Å²) in [5, 5.41) is 10.7. The molecular formula is C21H15NO5. The molecule has 0 bridgehead atoms. The number of hydrogen-bond donors (Lipinski definition) is 0. The SMILES string of the molecule is C#CCOc1ccc(C(=O)/C=C/c2ccc([N+](=O)[O-])cc2)c(OCC#C)c1. The van der Waals surface area contributed by atoms with Gasteiger partial charge in [-0.25, -0.2) is 0 Å². The lowest BCUT2D eigenvalue weighted by molar-refractivity contribution is -0.384. The van der Waals surface area contributed by atoms with Gasteiger partial charge in [0.15, 0.2) is 5.78 Å². The van der Waals surface area contributed by atoms with Gasteiger partial charge in [0.25, 0.3) is 5.69 Å². The number of benzene rings is 2. The lowest BCUT2D eigenvalue weighted by Gasteiger charge is -2.10. The zero-order valence-electron chi connectivity index (χ0n) is 14.3. The second-order valence-electron chi connectivity index (χ2n) is 5.19. The van der Waals surface area contributed by atoms with E-state index in [0.717, 1.165) is 0 Å². The number of ketones is 1. The summed E-state index contributed by atoms with van der Waals surface area (Å²) < 4.78 is 10.7. The molecule has 0 radical (unpaired) electrons. The molecule has 2 aromatic carbocycles. The number of ether oxygens (including phenoxy) is 2. The van der Waals surface area contributed by atoms with Crippen LogP contribution in [0.3, 0.4) is 0 Å². The van der Waals surface area contributed by atoms with Crippen LogP contribution in [-0.4, -0.2) is 23.9 Å². The molecule has 0 fully saturated rings. The average Bonchev–Trinajstić information content (AvgIpc) is 2.69. The Bertz CT molecular complexity index is 946. The van der Waals surface area contributed by atoms with Gasteiger partial charge < -0.3 is 9.47 Å². The van der Waals surface area contributed by atoms with E-state index in [9.17, 15) is 14.9 Å². The molecule has 0 aliphatic heterocycles. The van der Waals surface area contributed by atoms with Gasteiger partial charge in [-0.1, -0.05) is 17.9 Å². The minimum Gasteiger partial charge on any atom is -0.481 e. The van der Waals surface area contributed by atoms with Crippen molar-refractivity contribution in [3.63, 3.8) is 0 Å². The van der Waals surface area contributed by atoms with Crippen LogP contribution in [-0.2, 0) is 0 Å². The highest BCUT2D eigenvalue weighted by molar-refractivity contribution is 6.08. The van der Waals surface area contributed by atoms with Crippen molar-refractivity contribution in [1.29, 1.82) is 0 Å². The average molecular weight is 361 g/mol. The molecule has 0 amide bonds. The standard InChI is InChI=1S/C21H15NO5/c1-3-13-26-18-10-11-19(21(15-18)27-14-4-2)20(23)12-7-16-5-8-17(9-6-16)22(24)25/h1-2,5-12,15H,13-14H2/b12-7+. The number of non-ortho nitro benzene ring substituents is 1. The summed E-state index contributed by atoms with van der Waals surface area (Å²) in [4.78, 5) is 22.7. The van der Waals surface area contributed by atoms with Gasteiger partial charge in [-0.3, -0.25) is 14.9 Å². The quantitative estimate of drug-likeness (QED) is 0.236. The number of nitro benzene ring substituents is 1. The Morgan fingerprint density at radius 1 is 1.07 bits per heavy atom. The third-order valence-electron chi connectivity index (χ3n) is 3.38. The van der Waals surface area contributed by atoms with Crippen molar-refractivity contribution in [2.45, 2.75) is 0 Å². The summed E-state index contributed by atoms with van der Waals surface area (Å²) >= 11 is 0. The van der Waals surface area contributed by atoms with Gasteiger partial charge >= 0.3 is 0 Å². The van der Waals surface area contributed by atoms with Crippen LogP contribution in [0.25, 0.3) is 6.08 Å². The van der Waals surface area contributed by atoms with E-state index in [-0.39, 0.29) is 30.4 Å². The Labute approximate surface area is 156 Å². The molecule has 0 spiro atoms. The van der Waals surface area contributed by atoms with E-state index in [2.05, 4.69) is 11.8 Å². The largest absolute Gasteiger partial charge is 0.481 e. The van der Waals surface area contributed by atoms with Crippen molar-refractivity contribution in [2.24, 2.45) is 0 Å². The van der Waals surface area contributed by atoms with Crippen molar-refractivity contribution < 1.29 is 19.2 Å². The smallest absolute Gasteiger partial charge is 0.269 e. The number of rotatable bonds is 8. The van der Waals surface area contributed by atoms with Gasteiger partial charge in [-0.05, 0) is 35.9 Å². The molecule has 0 aliphatic carbocycles. The van der Waals surface area contributed by atoms with Crippen molar-refractivity contribution in [2.75, 3.05) is 13.2 Å². The van der Waals surface area contributed by atoms with Crippen LogP contribution in [0.5, 0.6) is 11.5 Å². The van der Waals surface area contributed by atoms with Crippen LogP contribution in [0.15, 0.2) is 48.5 Å². The molecule has 27 heavy (non-hydrogen) atoms. The molecule has 0 heterocycles. The lowest BCUT2D eigenvalue weighted by atomic mass is 10.1. The third kappa shape index (κ3) is 5.48. The molecule has 2 rings (SSSR count). The fourth-order valence-electron chi connectivity index (χ4n) is 2.13. The van der Waals surface area contributed by atoms with E-state index in [4.69, 9.17) is 22.3 Å². The number of nitro groups is 1. The summed E-state index contributed by atoms with van der Waals surface area (Å²) in [6, 6.07) is 10.5. The van der Waals surface area contributed by atoms with Crippen LogP contribution < -0.4 is 9.47 Å². The maximum Gasteiger partial charge on any atom is 0.269 e. The molecule has 0 saturated carbocycles. The highest BCUT2D eigenvalue weighted by Gasteiger charge is 2.12. The third-order valence-corrected chi connectivity index (χ3v) is 3.38. The van der Waals surface area contributed by atoms with Crippen LogP contribution >= 0.6 is 0 Å². The number of nitrogens with zero attached hydrogens (tertiary/aromatic N) is 1. The van der Waals surface area contributed by atoms with E-state index in [1.807, 2.05) is 0 Å². The molecule has 0 unspecified atom stereocenters. The molecule has 2 aromatic rings. The van der Waals surface area contributed by atoms with Gasteiger partial charge in [-0.2, -0.15) is 0 Å². The molecule has 0 saturated heterocycles. The Morgan fingerprint density at radius 2 is 1.74 bits per heavy atom. The molecule has 6 nitrogen and oxygen atoms in total. The van der Waals surface area contributed by atoms with E-state index in [0.29, 0.717) is 16.9 Å². The second kappa shape index (κ2) is 9.45. The number of carbonyl (C=O) groups is 1. The first kappa shape index (κ1) is 19.3. The van der Waals surface area contributed by atoms with E-state index in [1.165, 1.54) is 18.2 Å². The van der Waals surface area contributed by atoms with Gasteiger partial charge in [0.1, 0.15) is 24.7 Å². The maximum absolute atomic E-state index is 12.5. The van der Waals surface area contributed by atoms with Gasteiger partial charge in [-0.15, -0.1) is 12.8 Å². The molecule has 134 valence electrons. The predicted octanol–water partition coefficient (Wildman–Crippen LogP) is 3.51. The predicted molar refractivity (Wildman–Crippen MR) is 102 cm³/mol. The van der Waals surface area contributed by atoms with E-state index in [1.54, 1.807) is 36.4 Å². The van der Waals surface area contributed by atoms with Crippen molar-refractivity contribution in [3.8, 4) is 36.2 Å². The summed E-state index contributed by atoms with van der Waals surface area (Å²) in [7, 11) is 0. The highest BCUT2D eigenvalue weighted by Crippen LogP contribution is 2.26. The molecular weight excluding hydrogens is 346 g/mol. The molecule has 6 heteroatoms. The number of carbonyl (C=O) groups excluding carboxylic acids is 1. The number of allylic oxidation sites excluding steroid dienone is 1.